The van der Waals surface area contributed by atoms with Gasteiger partial charge >= 0.3 is 5.97 Å². The highest BCUT2D eigenvalue weighted by molar-refractivity contribution is 7.89. The molecule has 3 aromatic heterocycles. The van der Waals surface area contributed by atoms with E-state index in [1.165, 1.54) is 16.6 Å². The average Bonchev–Trinajstić information content (AvgIpc) is 3.76. The summed E-state index contributed by atoms with van der Waals surface area (Å²) in [6.07, 6.45) is 6.14. The lowest BCUT2D eigenvalue weighted by Crippen LogP contribution is -2.34. The Hall–Kier alpha value is -3.87. The van der Waals surface area contributed by atoms with Gasteiger partial charge in [0.2, 0.25) is 15.9 Å². The Morgan fingerprint density at radius 1 is 1.11 bits per heavy atom. The van der Waals surface area contributed by atoms with Crippen LogP contribution in [0.15, 0.2) is 53.7 Å². The monoisotopic (exact) mass is 633 g/mol. The number of aryl methyl sites for hydroxylation is 2. The predicted molar refractivity (Wildman–Crippen MR) is 167 cm³/mol. The summed E-state index contributed by atoms with van der Waals surface area (Å²) >= 11 is 0. The van der Waals surface area contributed by atoms with Crippen molar-refractivity contribution in [3.63, 3.8) is 0 Å². The number of benzene rings is 1. The third-order valence-electron chi connectivity index (χ3n) is 8.99. The minimum Gasteiger partial charge on any atom is -0.481 e. The second-order valence-electron chi connectivity index (χ2n) is 12.5. The summed E-state index contributed by atoms with van der Waals surface area (Å²) in [5.41, 5.74) is 3.69. The summed E-state index contributed by atoms with van der Waals surface area (Å²) in [7, 11) is -3.99. The first-order valence-corrected chi connectivity index (χ1v) is 16.8. The molecule has 0 unspecified atom stereocenters. The molecule has 0 bridgehead atoms. The van der Waals surface area contributed by atoms with Gasteiger partial charge < -0.3 is 14.6 Å². The summed E-state index contributed by atoms with van der Waals surface area (Å²) in [6.45, 7) is 8.59. The van der Waals surface area contributed by atoms with Crippen LogP contribution in [0.1, 0.15) is 78.6 Å². The Labute approximate surface area is 263 Å². The van der Waals surface area contributed by atoms with E-state index in [4.69, 9.17) is 9.47 Å². The van der Waals surface area contributed by atoms with Crippen molar-refractivity contribution in [2.45, 2.75) is 70.2 Å². The molecule has 4 heterocycles. The lowest BCUT2D eigenvalue weighted by molar-refractivity contribution is -0.147. The number of rotatable bonds is 7. The van der Waals surface area contributed by atoms with Crippen molar-refractivity contribution < 1.29 is 27.8 Å². The van der Waals surface area contributed by atoms with E-state index in [9.17, 15) is 18.3 Å². The van der Waals surface area contributed by atoms with Crippen LogP contribution < -0.4 is 4.74 Å². The number of carbonyl (C=O) groups is 1. The molecular weight excluding hydrogens is 594 g/mol. The molecule has 0 spiro atoms. The molecule has 0 saturated heterocycles. The molecular formula is C33H39N5O6S. The highest BCUT2D eigenvalue weighted by atomic mass is 32.2. The molecule has 11 nitrogen and oxygen atoms in total. The van der Waals surface area contributed by atoms with Gasteiger partial charge in [0, 0.05) is 43.9 Å². The number of carboxylic acids is 1. The lowest BCUT2D eigenvalue weighted by atomic mass is 9.70. The molecule has 1 N–H and O–H groups in total. The first-order valence-electron chi connectivity index (χ1n) is 15.3. The topological polar surface area (TPSA) is 136 Å². The smallest absolute Gasteiger partial charge is 0.310 e. The Bertz CT molecular complexity index is 1850. The van der Waals surface area contributed by atoms with Gasteiger partial charge in [-0.25, -0.2) is 13.4 Å². The number of ether oxygens (including phenoxy) is 2. The number of hydrogen-bond acceptors (Lipinski definition) is 8. The van der Waals surface area contributed by atoms with E-state index < -0.39 is 27.3 Å². The number of fused-ring (bicyclic) bond motifs is 2. The van der Waals surface area contributed by atoms with E-state index in [1.54, 1.807) is 19.9 Å². The van der Waals surface area contributed by atoms with Crippen LogP contribution in [0.3, 0.4) is 0 Å². The van der Waals surface area contributed by atoms with Crippen molar-refractivity contribution in [2.24, 2.45) is 5.41 Å². The molecule has 1 aliphatic heterocycles. The highest BCUT2D eigenvalue weighted by Crippen LogP contribution is 2.45. The molecule has 0 radical (unpaired) electrons. The van der Waals surface area contributed by atoms with Crippen molar-refractivity contribution >= 4 is 21.6 Å². The summed E-state index contributed by atoms with van der Waals surface area (Å²) in [6, 6.07) is 10.9. The van der Waals surface area contributed by atoms with Crippen LogP contribution in [0.2, 0.25) is 0 Å². The lowest BCUT2D eigenvalue weighted by Gasteiger charge is -2.33. The number of hydrogen-bond donors (Lipinski definition) is 1. The molecule has 0 amide bonds. The third kappa shape index (κ3) is 5.94. The fourth-order valence-electron chi connectivity index (χ4n) is 6.13. The van der Waals surface area contributed by atoms with Gasteiger partial charge in [0.15, 0.2) is 5.65 Å². The number of carboxylic acid groups (broad SMARTS) is 1. The van der Waals surface area contributed by atoms with Crippen LogP contribution in [0.4, 0.5) is 0 Å². The Balaban J connectivity index is 1.42. The molecule has 1 saturated carbocycles. The van der Waals surface area contributed by atoms with E-state index in [2.05, 4.69) is 15.2 Å². The maximum absolute atomic E-state index is 14.1. The molecule has 1 aromatic carbocycles. The summed E-state index contributed by atoms with van der Waals surface area (Å²) in [5.74, 6) is -0.0877. The second-order valence-corrected chi connectivity index (χ2v) is 14.4. The van der Waals surface area contributed by atoms with Crippen molar-refractivity contribution in [2.75, 3.05) is 26.4 Å². The largest absolute Gasteiger partial charge is 0.481 e. The SMILES string of the molecule is Cc1ccc([C@@H](c2ccn3c(C4CC4)nnc3c2C)C(C)(C)C(=O)O)cc1CN1CCCOCCOc2ncccc2S1(=O)=O. The van der Waals surface area contributed by atoms with E-state index in [0.717, 1.165) is 52.1 Å². The van der Waals surface area contributed by atoms with Gasteiger partial charge in [-0.1, -0.05) is 18.2 Å². The molecule has 4 aromatic rings. The Kier molecular flexibility index (Phi) is 8.40. The first kappa shape index (κ1) is 31.1. The van der Waals surface area contributed by atoms with Gasteiger partial charge in [-0.05, 0) is 93.0 Å². The normalized spacial score (nSPS) is 18.5. The average molecular weight is 634 g/mol. The molecule has 45 heavy (non-hydrogen) atoms. The maximum Gasteiger partial charge on any atom is 0.310 e. The molecule has 12 heteroatoms. The fourth-order valence-corrected chi connectivity index (χ4v) is 7.67. The Morgan fingerprint density at radius 3 is 2.67 bits per heavy atom. The number of aromatic nitrogens is 4. The zero-order valence-corrected chi connectivity index (χ0v) is 26.9. The third-order valence-corrected chi connectivity index (χ3v) is 10.8. The molecule has 1 aliphatic carbocycles. The van der Waals surface area contributed by atoms with Gasteiger partial charge in [0.1, 0.15) is 17.3 Å². The highest BCUT2D eigenvalue weighted by Gasteiger charge is 2.41. The summed E-state index contributed by atoms with van der Waals surface area (Å²) < 4.78 is 42.9. The van der Waals surface area contributed by atoms with Crippen LogP contribution in [0.25, 0.3) is 5.65 Å². The fraction of sp³-hybridized carbons (Fsp3) is 0.455. The number of nitrogens with zero attached hydrogens (tertiary/aromatic N) is 5. The quantitative estimate of drug-likeness (QED) is 0.303. The van der Waals surface area contributed by atoms with Gasteiger partial charge in [-0.2, -0.15) is 4.31 Å². The standard InChI is InChI=1S/C33H39N5O6S/c1-21-8-9-24(19-25(21)20-37-14-6-16-43-17-18-44-31-27(45(37,41)42)7-5-13-34-31)28(33(3,4)32(39)40)26-12-15-38-29(22(26)2)35-36-30(38)23-10-11-23/h5,7-9,12-13,15,19,23,28H,6,10-11,14,16-18,20H2,1-4H3,(H,39,40)/t28-/m0/s1. The van der Waals surface area contributed by atoms with E-state index in [0.29, 0.717) is 25.6 Å². The minimum absolute atomic E-state index is 0.00777. The van der Waals surface area contributed by atoms with E-state index in [-0.39, 0.29) is 30.5 Å². The molecule has 1 fully saturated rings. The van der Waals surface area contributed by atoms with Gasteiger partial charge in [0.05, 0.1) is 12.0 Å². The minimum atomic E-state index is -3.99. The van der Waals surface area contributed by atoms with Crippen LogP contribution in [0, 0.1) is 19.3 Å². The van der Waals surface area contributed by atoms with Crippen molar-refractivity contribution in [1.29, 1.82) is 0 Å². The van der Waals surface area contributed by atoms with Crippen LogP contribution in [0.5, 0.6) is 5.88 Å². The van der Waals surface area contributed by atoms with Crippen LogP contribution >= 0.6 is 0 Å². The van der Waals surface area contributed by atoms with Gasteiger partial charge in [-0.15, -0.1) is 10.2 Å². The molecule has 238 valence electrons. The van der Waals surface area contributed by atoms with Gasteiger partial charge in [-0.3, -0.25) is 9.20 Å². The summed E-state index contributed by atoms with van der Waals surface area (Å²) in [4.78, 5) is 17.0. The van der Waals surface area contributed by atoms with Crippen LogP contribution in [-0.4, -0.2) is 69.7 Å². The maximum atomic E-state index is 14.1. The van der Waals surface area contributed by atoms with Crippen LogP contribution in [-0.2, 0) is 26.1 Å². The summed E-state index contributed by atoms with van der Waals surface area (Å²) in [5, 5.41) is 19.4. The van der Waals surface area contributed by atoms with Gasteiger partial charge in [0.25, 0.3) is 0 Å². The molecule has 6 rings (SSSR count). The second kappa shape index (κ2) is 12.1. The van der Waals surface area contributed by atoms with Crippen molar-refractivity contribution in [3.8, 4) is 5.88 Å². The number of sulfonamides is 1. The molecule has 1 atom stereocenters. The Morgan fingerprint density at radius 2 is 1.91 bits per heavy atom. The zero-order chi connectivity index (χ0) is 31.9. The van der Waals surface area contributed by atoms with E-state index >= 15 is 0 Å². The number of pyridine rings is 2. The van der Waals surface area contributed by atoms with Crippen molar-refractivity contribution in [1.82, 2.24) is 23.9 Å². The molecule has 2 aliphatic rings. The zero-order valence-electron chi connectivity index (χ0n) is 26.1. The predicted octanol–water partition coefficient (Wildman–Crippen LogP) is 4.85. The van der Waals surface area contributed by atoms with E-state index in [1.807, 2.05) is 48.7 Å². The van der Waals surface area contributed by atoms with Crippen molar-refractivity contribution in [3.05, 3.63) is 82.4 Å². The first-order chi connectivity index (χ1) is 21.5. The number of aliphatic carboxylic acids is 1.